The number of carbonyl (C=O) groups is 1. The Bertz CT molecular complexity index is 999. The van der Waals surface area contributed by atoms with E-state index in [0.29, 0.717) is 13.0 Å². The van der Waals surface area contributed by atoms with Crippen molar-refractivity contribution >= 4 is 33.8 Å². The zero-order chi connectivity index (χ0) is 17.1. The molecule has 4 nitrogen and oxygen atoms in total. The molecular formula is C20H17N3OS. The Morgan fingerprint density at radius 1 is 1.04 bits per heavy atom. The van der Waals surface area contributed by atoms with Crippen LogP contribution in [0.3, 0.4) is 0 Å². The van der Waals surface area contributed by atoms with Gasteiger partial charge in [0.2, 0.25) is 5.91 Å². The van der Waals surface area contributed by atoms with E-state index in [0.717, 1.165) is 22.2 Å². The van der Waals surface area contributed by atoms with E-state index in [1.54, 1.807) is 17.5 Å². The molecule has 0 saturated carbocycles. The van der Waals surface area contributed by atoms with E-state index in [1.807, 2.05) is 46.5 Å². The van der Waals surface area contributed by atoms with Crippen molar-refractivity contribution in [3.63, 3.8) is 0 Å². The van der Waals surface area contributed by atoms with Crippen LogP contribution in [0.25, 0.3) is 10.8 Å². The van der Waals surface area contributed by atoms with Crippen LogP contribution in [0.4, 0.5) is 5.82 Å². The number of nitrogens with one attached hydrogen (secondary N) is 1. The van der Waals surface area contributed by atoms with Gasteiger partial charge in [-0.15, -0.1) is 11.3 Å². The van der Waals surface area contributed by atoms with Gasteiger partial charge in [0, 0.05) is 10.9 Å². The number of amides is 1. The number of hydrogen-bond donors (Lipinski definition) is 1. The molecule has 0 aliphatic carbocycles. The lowest BCUT2D eigenvalue weighted by atomic mass is 10.0. The van der Waals surface area contributed by atoms with Crippen LogP contribution < -0.4 is 5.32 Å². The summed E-state index contributed by atoms with van der Waals surface area (Å²) in [5.41, 5.74) is 1.03. The zero-order valence-electron chi connectivity index (χ0n) is 13.6. The minimum absolute atomic E-state index is 0.0377. The molecule has 4 rings (SSSR count). The Morgan fingerprint density at radius 3 is 2.80 bits per heavy atom. The lowest BCUT2D eigenvalue weighted by Crippen LogP contribution is -2.18. The molecule has 0 unspecified atom stereocenters. The second kappa shape index (κ2) is 6.91. The molecule has 0 spiro atoms. The lowest BCUT2D eigenvalue weighted by molar-refractivity contribution is -0.115. The molecule has 0 saturated heterocycles. The molecule has 5 heteroatoms. The highest BCUT2D eigenvalue weighted by atomic mass is 32.1. The molecule has 0 aliphatic rings. The minimum atomic E-state index is -0.0377. The van der Waals surface area contributed by atoms with Crippen molar-refractivity contribution in [3.8, 4) is 0 Å². The second-order valence-corrected chi connectivity index (χ2v) is 6.85. The van der Waals surface area contributed by atoms with E-state index in [2.05, 4.69) is 34.7 Å². The van der Waals surface area contributed by atoms with Crippen LogP contribution in [0.5, 0.6) is 0 Å². The first-order valence-electron chi connectivity index (χ1n) is 8.10. The van der Waals surface area contributed by atoms with E-state index in [1.165, 1.54) is 4.88 Å². The molecule has 0 bridgehead atoms. The van der Waals surface area contributed by atoms with Crippen LogP contribution >= 0.6 is 11.3 Å². The van der Waals surface area contributed by atoms with E-state index >= 15 is 0 Å². The lowest BCUT2D eigenvalue weighted by Gasteiger charge is -2.09. The highest BCUT2D eigenvalue weighted by Crippen LogP contribution is 2.20. The number of aromatic nitrogens is 2. The summed E-state index contributed by atoms with van der Waals surface area (Å²) < 4.78 is 1.81. The van der Waals surface area contributed by atoms with Gasteiger partial charge in [-0.1, -0.05) is 48.5 Å². The number of nitrogens with zero attached hydrogens (tertiary/aromatic N) is 2. The number of thiophene rings is 1. The van der Waals surface area contributed by atoms with Gasteiger partial charge in [-0.05, 0) is 27.8 Å². The average molecular weight is 347 g/mol. The van der Waals surface area contributed by atoms with E-state index in [-0.39, 0.29) is 5.91 Å². The number of carbonyl (C=O) groups excluding carboxylic acids is 1. The molecule has 4 aromatic rings. The monoisotopic (exact) mass is 347 g/mol. The molecule has 25 heavy (non-hydrogen) atoms. The van der Waals surface area contributed by atoms with E-state index in [4.69, 9.17) is 0 Å². The molecular weight excluding hydrogens is 330 g/mol. The van der Waals surface area contributed by atoms with Crippen molar-refractivity contribution in [2.75, 3.05) is 5.32 Å². The van der Waals surface area contributed by atoms with Crippen LogP contribution in [-0.2, 0) is 17.8 Å². The predicted octanol–water partition coefficient (Wildman–Crippen LogP) is 4.33. The van der Waals surface area contributed by atoms with Gasteiger partial charge in [-0.25, -0.2) is 4.68 Å². The number of hydrogen-bond acceptors (Lipinski definition) is 3. The topological polar surface area (TPSA) is 46.9 Å². The first-order valence-corrected chi connectivity index (χ1v) is 8.98. The average Bonchev–Trinajstić information content (AvgIpc) is 3.28. The van der Waals surface area contributed by atoms with Crippen molar-refractivity contribution in [2.24, 2.45) is 0 Å². The number of rotatable bonds is 5. The van der Waals surface area contributed by atoms with Crippen LogP contribution in [0.1, 0.15) is 10.4 Å². The van der Waals surface area contributed by atoms with Crippen molar-refractivity contribution < 1.29 is 4.79 Å². The molecule has 1 N–H and O–H groups in total. The molecule has 1 amide bonds. The largest absolute Gasteiger partial charge is 0.311 e. The molecule has 0 atom stereocenters. The van der Waals surface area contributed by atoms with Gasteiger partial charge in [0.15, 0.2) is 0 Å². The second-order valence-electron chi connectivity index (χ2n) is 5.82. The van der Waals surface area contributed by atoms with Crippen LogP contribution in [-0.4, -0.2) is 15.7 Å². The Morgan fingerprint density at radius 2 is 1.92 bits per heavy atom. The molecule has 124 valence electrons. The van der Waals surface area contributed by atoms with Crippen molar-refractivity contribution in [1.29, 1.82) is 0 Å². The summed E-state index contributed by atoms with van der Waals surface area (Å²) in [6.45, 7) is 0.661. The van der Waals surface area contributed by atoms with Crippen molar-refractivity contribution in [2.45, 2.75) is 13.0 Å². The third kappa shape index (κ3) is 3.46. The van der Waals surface area contributed by atoms with Gasteiger partial charge in [0.1, 0.15) is 5.82 Å². The Kier molecular flexibility index (Phi) is 4.31. The number of benzene rings is 2. The zero-order valence-corrected chi connectivity index (χ0v) is 14.4. The smallest absolute Gasteiger partial charge is 0.229 e. The highest BCUT2D eigenvalue weighted by Gasteiger charge is 2.10. The Labute approximate surface area is 149 Å². The van der Waals surface area contributed by atoms with Gasteiger partial charge in [0.05, 0.1) is 19.2 Å². The van der Waals surface area contributed by atoms with Gasteiger partial charge in [-0.3, -0.25) is 4.79 Å². The third-order valence-electron chi connectivity index (χ3n) is 4.10. The molecule has 2 aromatic heterocycles. The summed E-state index contributed by atoms with van der Waals surface area (Å²) in [6.07, 6.45) is 2.05. The van der Waals surface area contributed by atoms with Crippen molar-refractivity contribution in [3.05, 3.63) is 82.7 Å². The van der Waals surface area contributed by atoms with Crippen LogP contribution in [0.2, 0.25) is 0 Å². The maximum atomic E-state index is 12.5. The predicted molar refractivity (Wildman–Crippen MR) is 102 cm³/mol. The standard InChI is InChI=1S/C20H17N3OS/c24-20(13-16-7-3-6-15-5-1-2-9-18(15)16)22-19-10-11-21-23(19)14-17-8-4-12-25-17/h1-12H,13-14H2,(H,22,24). The molecule has 2 heterocycles. The molecule has 0 fully saturated rings. The minimum Gasteiger partial charge on any atom is -0.311 e. The number of anilines is 1. The number of fused-ring (bicyclic) bond motifs is 1. The normalized spacial score (nSPS) is 10.9. The SMILES string of the molecule is O=C(Cc1cccc2ccccc12)Nc1ccnn1Cc1cccs1. The maximum Gasteiger partial charge on any atom is 0.229 e. The fraction of sp³-hybridized carbons (Fsp3) is 0.100. The molecule has 2 aromatic carbocycles. The summed E-state index contributed by atoms with van der Waals surface area (Å²) in [5, 5.41) is 11.6. The van der Waals surface area contributed by atoms with Gasteiger partial charge in [0.25, 0.3) is 0 Å². The van der Waals surface area contributed by atoms with Crippen LogP contribution in [0.15, 0.2) is 72.2 Å². The summed E-state index contributed by atoms with van der Waals surface area (Å²) >= 11 is 1.68. The van der Waals surface area contributed by atoms with Gasteiger partial charge >= 0.3 is 0 Å². The summed E-state index contributed by atoms with van der Waals surface area (Å²) in [4.78, 5) is 13.7. The van der Waals surface area contributed by atoms with E-state index < -0.39 is 0 Å². The fourth-order valence-corrected chi connectivity index (χ4v) is 3.61. The quantitative estimate of drug-likeness (QED) is 0.584. The molecule has 0 radical (unpaired) electrons. The van der Waals surface area contributed by atoms with Crippen LogP contribution in [0, 0.1) is 0 Å². The maximum absolute atomic E-state index is 12.5. The summed E-state index contributed by atoms with van der Waals surface area (Å²) in [7, 11) is 0. The van der Waals surface area contributed by atoms with Crippen molar-refractivity contribution in [1.82, 2.24) is 9.78 Å². The highest BCUT2D eigenvalue weighted by molar-refractivity contribution is 7.09. The summed E-state index contributed by atoms with van der Waals surface area (Å²) in [5.74, 6) is 0.683. The van der Waals surface area contributed by atoms with E-state index in [9.17, 15) is 4.79 Å². The Hall–Kier alpha value is -2.92. The summed E-state index contributed by atoms with van der Waals surface area (Å²) in [6, 6.07) is 20.1. The van der Waals surface area contributed by atoms with Gasteiger partial charge in [-0.2, -0.15) is 5.10 Å². The first kappa shape index (κ1) is 15.6. The van der Waals surface area contributed by atoms with Gasteiger partial charge < -0.3 is 5.32 Å². The third-order valence-corrected chi connectivity index (χ3v) is 4.96. The first-order chi connectivity index (χ1) is 12.3. The fourth-order valence-electron chi connectivity index (χ4n) is 2.92. The molecule has 0 aliphatic heterocycles. The Balaban J connectivity index is 1.50.